The van der Waals surface area contributed by atoms with E-state index < -0.39 is 5.91 Å². The lowest BCUT2D eigenvalue weighted by Crippen LogP contribution is -2.31. The summed E-state index contributed by atoms with van der Waals surface area (Å²) in [7, 11) is 0. The van der Waals surface area contributed by atoms with Crippen LogP contribution in [0.5, 0.6) is 0 Å². The Labute approximate surface area is 145 Å². The van der Waals surface area contributed by atoms with Crippen LogP contribution in [-0.2, 0) is 11.3 Å². The Morgan fingerprint density at radius 3 is 2.83 bits per heavy atom. The number of carbonyl (C=O) groups excluding carboxylic acids is 1. The lowest BCUT2D eigenvalue weighted by atomic mass is 10.1. The van der Waals surface area contributed by atoms with Gasteiger partial charge in [0.2, 0.25) is 0 Å². The van der Waals surface area contributed by atoms with E-state index in [-0.39, 0.29) is 12.6 Å². The largest absolute Gasteiger partial charge is 0.381 e. The first-order chi connectivity index (χ1) is 11.6. The van der Waals surface area contributed by atoms with Crippen molar-refractivity contribution in [2.24, 2.45) is 0 Å². The summed E-state index contributed by atoms with van der Waals surface area (Å²) < 4.78 is 7.09. The highest BCUT2D eigenvalue weighted by molar-refractivity contribution is 6.31. The van der Waals surface area contributed by atoms with Crippen LogP contribution in [-0.4, -0.2) is 39.2 Å². The van der Waals surface area contributed by atoms with Gasteiger partial charge in [0.25, 0.3) is 5.91 Å². The van der Waals surface area contributed by atoms with Gasteiger partial charge in [0, 0.05) is 18.2 Å². The van der Waals surface area contributed by atoms with Crippen LogP contribution < -0.4 is 0 Å². The number of rotatable bonds is 4. The molecule has 2 heterocycles. The maximum absolute atomic E-state index is 12.7. The Bertz CT molecular complexity index is 726. The summed E-state index contributed by atoms with van der Waals surface area (Å²) in [6.45, 7) is 3.16. The van der Waals surface area contributed by atoms with Crippen LogP contribution in [0.2, 0.25) is 5.02 Å². The summed E-state index contributed by atoms with van der Waals surface area (Å²) in [6, 6.07) is 8.94. The molecule has 1 fully saturated rings. The molecule has 6 nitrogen and oxygen atoms in total. The first-order valence-corrected chi connectivity index (χ1v) is 8.32. The Balaban J connectivity index is 1.80. The van der Waals surface area contributed by atoms with Gasteiger partial charge < -0.3 is 4.74 Å². The molecule has 1 aromatic heterocycles. The minimum absolute atomic E-state index is 0.0243. The zero-order valence-corrected chi connectivity index (χ0v) is 14.2. The summed E-state index contributed by atoms with van der Waals surface area (Å²) in [5.41, 5.74) is 1.81. The maximum atomic E-state index is 12.7. The maximum Gasteiger partial charge on any atom is 0.295 e. The standard InChI is InChI=1S/C17H20ClN3O3/c1-12-10-16(21(19-12)14-6-8-24-9-7-14)17(22)20(23)11-13-4-2-3-5-15(13)18/h2-5,10,14,23H,6-9,11H2,1H3. The van der Waals surface area contributed by atoms with Gasteiger partial charge >= 0.3 is 0 Å². The van der Waals surface area contributed by atoms with Crippen LogP contribution in [0.1, 0.15) is 40.6 Å². The number of hydroxylamine groups is 2. The molecule has 1 aromatic carbocycles. The number of aromatic nitrogens is 2. The van der Waals surface area contributed by atoms with Crippen molar-refractivity contribution < 1.29 is 14.7 Å². The molecule has 128 valence electrons. The Kier molecular flexibility index (Phi) is 5.18. The van der Waals surface area contributed by atoms with Gasteiger partial charge in [-0.2, -0.15) is 5.10 Å². The number of hydrogen-bond donors (Lipinski definition) is 1. The van der Waals surface area contributed by atoms with Gasteiger partial charge in [-0.1, -0.05) is 29.8 Å². The van der Waals surface area contributed by atoms with Crippen LogP contribution in [0.25, 0.3) is 0 Å². The minimum atomic E-state index is -0.484. The van der Waals surface area contributed by atoms with E-state index in [1.54, 1.807) is 28.9 Å². The third-order valence-corrected chi connectivity index (χ3v) is 4.49. The predicted molar refractivity (Wildman–Crippen MR) is 89.2 cm³/mol. The van der Waals surface area contributed by atoms with E-state index >= 15 is 0 Å². The third kappa shape index (κ3) is 3.61. The molecular weight excluding hydrogens is 330 g/mol. The fourth-order valence-corrected chi connectivity index (χ4v) is 3.07. The zero-order chi connectivity index (χ0) is 17.1. The molecule has 0 radical (unpaired) electrons. The van der Waals surface area contributed by atoms with Crippen molar-refractivity contribution in [3.63, 3.8) is 0 Å². The third-order valence-electron chi connectivity index (χ3n) is 4.13. The van der Waals surface area contributed by atoms with Crippen LogP contribution in [0.15, 0.2) is 30.3 Å². The molecule has 7 heteroatoms. The van der Waals surface area contributed by atoms with Gasteiger partial charge in [-0.3, -0.25) is 14.7 Å². The monoisotopic (exact) mass is 349 g/mol. The molecule has 3 rings (SSSR count). The molecular formula is C17H20ClN3O3. The molecule has 1 saturated heterocycles. The van der Waals surface area contributed by atoms with E-state index in [4.69, 9.17) is 16.3 Å². The lowest BCUT2D eigenvalue weighted by Gasteiger charge is -2.25. The molecule has 0 spiro atoms. The van der Waals surface area contributed by atoms with Crippen molar-refractivity contribution in [2.45, 2.75) is 32.4 Å². The summed E-state index contributed by atoms with van der Waals surface area (Å²) in [5.74, 6) is -0.484. The number of nitrogens with zero attached hydrogens (tertiary/aromatic N) is 3. The highest BCUT2D eigenvalue weighted by Gasteiger charge is 2.25. The van der Waals surface area contributed by atoms with Crippen LogP contribution in [0.3, 0.4) is 0 Å². The SMILES string of the molecule is Cc1cc(C(=O)N(O)Cc2ccccc2Cl)n(C2CCOCC2)n1. The van der Waals surface area contributed by atoms with Crippen molar-refractivity contribution in [2.75, 3.05) is 13.2 Å². The number of benzene rings is 1. The van der Waals surface area contributed by atoms with E-state index in [1.807, 2.05) is 13.0 Å². The molecule has 0 saturated carbocycles. The van der Waals surface area contributed by atoms with Crippen LogP contribution >= 0.6 is 11.6 Å². The average Bonchev–Trinajstić information content (AvgIpc) is 2.99. The lowest BCUT2D eigenvalue weighted by molar-refractivity contribution is -0.0659. The Morgan fingerprint density at radius 1 is 1.42 bits per heavy atom. The summed E-state index contributed by atoms with van der Waals surface area (Å²) in [6.07, 6.45) is 1.61. The molecule has 0 unspecified atom stereocenters. The number of amides is 1. The summed E-state index contributed by atoms with van der Waals surface area (Å²) in [4.78, 5) is 12.7. The zero-order valence-electron chi connectivity index (χ0n) is 13.5. The van der Waals surface area contributed by atoms with Crippen LogP contribution in [0.4, 0.5) is 0 Å². The number of halogens is 1. The van der Waals surface area contributed by atoms with Gasteiger partial charge in [0.1, 0.15) is 5.69 Å². The Morgan fingerprint density at radius 2 is 2.12 bits per heavy atom. The molecule has 2 aromatic rings. The van der Waals surface area contributed by atoms with Gasteiger partial charge in [0.05, 0.1) is 18.3 Å². The average molecular weight is 350 g/mol. The number of carbonyl (C=O) groups is 1. The Hall–Kier alpha value is -1.89. The van der Waals surface area contributed by atoms with Gasteiger partial charge in [-0.05, 0) is 37.5 Å². The van der Waals surface area contributed by atoms with E-state index in [0.29, 0.717) is 34.6 Å². The van der Waals surface area contributed by atoms with E-state index in [1.165, 1.54) is 0 Å². The molecule has 0 bridgehead atoms. The second kappa shape index (κ2) is 7.34. The van der Waals surface area contributed by atoms with Crippen molar-refractivity contribution in [3.05, 3.63) is 52.3 Å². The second-order valence-electron chi connectivity index (χ2n) is 5.91. The smallest absolute Gasteiger partial charge is 0.295 e. The summed E-state index contributed by atoms with van der Waals surface area (Å²) in [5, 5.41) is 15.9. The molecule has 24 heavy (non-hydrogen) atoms. The first-order valence-electron chi connectivity index (χ1n) is 7.94. The number of aryl methyl sites for hydroxylation is 1. The topological polar surface area (TPSA) is 67.6 Å². The van der Waals surface area contributed by atoms with Crippen molar-refractivity contribution in [1.82, 2.24) is 14.8 Å². The molecule has 1 N–H and O–H groups in total. The summed E-state index contributed by atoms with van der Waals surface area (Å²) >= 11 is 6.10. The molecule has 1 amide bonds. The highest BCUT2D eigenvalue weighted by Crippen LogP contribution is 2.24. The molecule has 1 aliphatic rings. The predicted octanol–water partition coefficient (Wildman–Crippen LogP) is 3.23. The van der Waals surface area contributed by atoms with Crippen molar-refractivity contribution in [3.8, 4) is 0 Å². The van der Waals surface area contributed by atoms with E-state index in [0.717, 1.165) is 18.5 Å². The molecule has 1 aliphatic heterocycles. The number of ether oxygens (including phenoxy) is 1. The molecule has 0 aliphatic carbocycles. The fourth-order valence-electron chi connectivity index (χ4n) is 2.88. The van der Waals surface area contributed by atoms with E-state index in [2.05, 4.69) is 5.10 Å². The fraction of sp³-hybridized carbons (Fsp3) is 0.412. The van der Waals surface area contributed by atoms with Crippen LogP contribution in [0, 0.1) is 6.92 Å². The van der Waals surface area contributed by atoms with Crippen molar-refractivity contribution >= 4 is 17.5 Å². The second-order valence-corrected chi connectivity index (χ2v) is 6.32. The number of hydrogen-bond acceptors (Lipinski definition) is 4. The quantitative estimate of drug-likeness (QED) is 0.679. The van der Waals surface area contributed by atoms with Crippen molar-refractivity contribution in [1.29, 1.82) is 0 Å². The van der Waals surface area contributed by atoms with Gasteiger partial charge in [-0.15, -0.1) is 0 Å². The minimum Gasteiger partial charge on any atom is -0.381 e. The van der Waals surface area contributed by atoms with Gasteiger partial charge in [0.15, 0.2) is 0 Å². The van der Waals surface area contributed by atoms with Gasteiger partial charge in [-0.25, -0.2) is 5.06 Å². The molecule has 0 atom stereocenters. The normalized spacial score (nSPS) is 15.5. The first kappa shape index (κ1) is 17.0. The van der Waals surface area contributed by atoms with E-state index in [9.17, 15) is 10.0 Å². The highest BCUT2D eigenvalue weighted by atomic mass is 35.5.